The van der Waals surface area contributed by atoms with Crippen molar-refractivity contribution in [3.63, 3.8) is 0 Å². The number of aromatic nitrogens is 1. The highest BCUT2D eigenvalue weighted by molar-refractivity contribution is 5.67. The molecular weight excluding hydrogens is 314 g/mol. The SMILES string of the molecule is COc1ccc(Nc2ccnc(N(CCO)c3ccccc3)c2)cc1. The van der Waals surface area contributed by atoms with Gasteiger partial charge in [0.05, 0.1) is 13.7 Å². The number of nitrogens with zero attached hydrogens (tertiary/aromatic N) is 2. The molecule has 128 valence electrons. The summed E-state index contributed by atoms with van der Waals surface area (Å²) in [7, 11) is 1.65. The van der Waals surface area contributed by atoms with Gasteiger partial charge in [0.1, 0.15) is 11.6 Å². The number of aliphatic hydroxyl groups is 1. The lowest BCUT2D eigenvalue weighted by Gasteiger charge is -2.23. The van der Waals surface area contributed by atoms with E-state index in [0.717, 1.165) is 28.6 Å². The summed E-state index contributed by atoms with van der Waals surface area (Å²) < 4.78 is 5.18. The summed E-state index contributed by atoms with van der Waals surface area (Å²) in [5, 5.41) is 12.8. The number of pyridine rings is 1. The van der Waals surface area contributed by atoms with Crippen LogP contribution in [0.25, 0.3) is 0 Å². The lowest BCUT2D eigenvalue weighted by atomic mass is 10.2. The molecule has 1 aromatic heterocycles. The average Bonchev–Trinajstić information content (AvgIpc) is 2.67. The molecule has 3 rings (SSSR count). The summed E-state index contributed by atoms with van der Waals surface area (Å²) in [6, 6.07) is 21.5. The summed E-state index contributed by atoms with van der Waals surface area (Å²) >= 11 is 0. The molecule has 0 aliphatic heterocycles. The molecule has 5 heteroatoms. The lowest BCUT2D eigenvalue weighted by molar-refractivity contribution is 0.305. The van der Waals surface area contributed by atoms with Crippen molar-refractivity contribution in [1.29, 1.82) is 0 Å². The van der Waals surface area contributed by atoms with Crippen molar-refractivity contribution in [3.05, 3.63) is 72.9 Å². The molecule has 0 unspecified atom stereocenters. The molecule has 0 saturated carbocycles. The van der Waals surface area contributed by atoms with E-state index in [1.807, 2.05) is 71.6 Å². The van der Waals surface area contributed by atoms with Crippen LogP contribution >= 0.6 is 0 Å². The van der Waals surface area contributed by atoms with Crippen molar-refractivity contribution in [2.75, 3.05) is 30.5 Å². The van der Waals surface area contributed by atoms with Gasteiger partial charge in [-0.1, -0.05) is 18.2 Å². The normalized spacial score (nSPS) is 10.3. The maximum atomic E-state index is 9.42. The number of methoxy groups -OCH3 is 1. The zero-order valence-electron chi connectivity index (χ0n) is 14.1. The highest BCUT2D eigenvalue weighted by Crippen LogP contribution is 2.26. The third-order valence-electron chi connectivity index (χ3n) is 3.79. The first kappa shape index (κ1) is 16.8. The number of para-hydroxylation sites is 1. The second-order valence-corrected chi connectivity index (χ2v) is 5.47. The Bertz CT molecular complexity index is 792. The zero-order valence-corrected chi connectivity index (χ0v) is 14.1. The molecule has 0 saturated heterocycles. The second kappa shape index (κ2) is 8.17. The number of rotatable bonds is 7. The first-order chi connectivity index (χ1) is 12.3. The highest BCUT2D eigenvalue weighted by atomic mass is 16.5. The van der Waals surface area contributed by atoms with Crippen LogP contribution in [-0.2, 0) is 0 Å². The van der Waals surface area contributed by atoms with Crippen LogP contribution in [0.1, 0.15) is 0 Å². The largest absolute Gasteiger partial charge is 0.497 e. The predicted octanol–water partition coefficient (Wildman–Crippen LogP) is 3.96. The standard InChI is InChI=1S/C20H21N3O2/c1-25-19-9-7-16(8-10-19)22-17-11-12-21-20(15-17)23(13-14-24)18-5-3-2-4-6-18/h2-12,15,24H,13-14H2,1H3,(H,21,22). The molecule has 0 aliphatic carbocycles. The molecule has 3 aromatic rings. The van der Waals surface area contributed by atoms with E-state index in [4.69, 9.17) is 4.74 Å². The van der Waals surface area contributed by atoms with Gasteiger partial charge in [0.15, 0.2) is 0 Å². The Morgan fingerprint density at radius 3 is 2.44 bits per heavy atom. The van der Waals surface area contributed by atoms with Gasteiger partial charge < -0.3 is 20.1 Å². The maximum absolute atomic E-state index is 9.42. The van der Waals surface area contributed by atoms with Crippen LogP contribution < -0.4 is 15.0 Å². The van der Waals surface area contributed by atoms with Crippen molar-refractivity contribution in [2.24, 2.45) is 0 Å². The van der Waals surface area contributed by atoms with E-state index in [1.54, 1.807) is 13.3 Å². The van der Waals surface area contributed by atoms with Gasteiger partial charge in [-0.25, -0.2) is 4.98 Å². The number of ether oxygens (including phenoxy) is 1. The number of hydrogen-bond acceptors (Lipinski definition) is 5. The molecule has 0 fully saturated rings. The third-order valence-corrected chi connectivity index (χ3v) is 3.79. The van der Waals surface area contributed by atoms with Gasteiger partial charge in [0.25, 0.3) is 0 Å². The first-order valence-electron chi connectivity index (χ1n) is 8.11. The van der Waals surface area contributed by atoms with Gasteiger partial charge in [0, 0.05) is 35.9 Å². The van der Waals surface area contributed by atoms with Crippen LogP contribution in [0.5, 0.6) is 5.75 Å². The maximum Gasteiger partial charge on any atom is 0.135 e. The Morgan fingerprint density at radius 2 is 1.76 bits per heavy atom. The Morgan fingerprint density at radius 1 is 1.00 bits per heavy atom. The fraction of sp³-hybridized carbons (Fsp3) is 0.150. The van der Waals surface area contributed by atoms with Gasteiger partial charge >= 0.3 is 0 Å². The van der Waals surface area contributed by atoms with E-state index in [2.05, 4.69) is 10.3 Å². The van der Waals surface area contributed by atoms with E-state index < -0.39 is 0 Å². The summed E-state index contributed by atoms with van der Waals surface area (Å²) in [6.45, 7) is 0.524. The molecular formula is C20H21N3O2. The Balaban J connectivity index is 1.83. The topological polar surface area (TPSA) is 57.6 Å². The predicted molar refractivity (Wildman–Crippen MR) is 101 cm³/mol. The van der Waals surface area contributed by atoms with Crippen molar-refractivity contribution in [1.82, 2.24) is 4.98 Å². The number of nitrogens with one attached hydrogen (secondary N) is 1. The third kappa shape index (κ3) is 4.28. The monoisotopic (exact) mass is 335 g/mol. The van der Waals surface area contributed by atoms with Crippen LogP contribution in [-0.4, -0.2) is 30.4 Å². The molecule has 0 spiro atoms. The number of aliphatic hydroxyl groups excluding tert-OH is 1. The van der Waals surface area contributed by atoms with Gasteiger partial charge in [-0.05, 0) is 42.5 Å². The quantitative estimate of drug-likeness (QED) is 0.684. The number of hydrogen-bond donors (Lipinski definition) is 2. The molecule has 5 nitrogen and oxygen atoms in total. The van der Waals surface area contributed by atoms with Crippen molar-refractivity contribution >= 4 is 22.9 Å². The van der Waals surface area contributed by atoms with Gasteiger partial charge in [-0.2, -0.15) is 0 Å². The molecule has 1 heterocycles. The minimum absolute atomic E-state index is 0.0483. The van der Waals surface area contributed by atoms with E-state index in [0.29, 0.717) is 6.54 Å². The van der Waals surface area contributed by atoms with Crippen molar-refractivity contribution in [2.45, 2.75) is 0 Å². The molecule has 0 aliphatic rings. The average molecular weight is 335 g/mol. The summed E-state index contributed by atoms with van der Waals surface area (Å²) in [6.07, 6.45) is 1.76. The van der Waals surface area contributed by atoms with Crippen molar-refractivity contribution < 1.29 is 9.84 Å². The number of benzene rings is 2. The fourth-order valence-electron chi connectivity index (χ4n) is 2.57. The minimum atomic E-state index is 0.0483. The molecule has 0 radical (unpaired) electrons. The van der Waals surface area contributed by atoms with E-state index >= 15 is 0 Å². The Labute approximate surface area is 147 Å². The number of anilines is 4. The van der Waals surface area contributed by atoms with Crippen LogP contribution in [0, 0.1) is 0 Å². The smallest absolute Gasteiger partial charge is 0.135 e. The van der Waals surface area contributed by atoms with Crippen LogP contribution in [0.2, 0.25) is 0 Å². The van der Waals surface area contributed by atoms with Gasteiger partial charge in [-0.3, -0.25) is 0 Å². The highest BCUT2D eigenvalue weighted by Gasteiger charge is 2.10. The van der Waals surface area contributed by atoms with Crippen LogP contribution in [0.15, 0.2) is 72.9 Å². The fourth-order valence-corrected chi connectivity index (χ4v) is 2.57. The Hall–Kier alpha value is -3.05. The van der Waals surface area contributed by atoms with E-state index in [9.17, 15) is 5.11 Å². The van der Waals surface area contributed by atoms with Crippen LogP contribution in [0.4, 0.5) is 22.9 Å². The molecule has 0 atom stereocenters. The summed E-state index contributed by atoms with van der Waals surface area (Å²) in [5.41, 5.74) is 2.88. The summed E-state index contributed by atoms with van der Waals surface area (Å²) in [4.78, 5) is 6.44. The van der Waals surface area contributed by atoms with E-state index in [1.165, 1.54) is 0 Å². The van der Waals surface area contributed by atoms with Crippen LogP contribution in [0.3, 0.4) is 0 Å². The molecule has 2 N–H and O–H groups in total. The molecule has 2 aromatic carbocycles. The zero-order chi connectivity index (χ0) is 17.5. The van der Waals surface area contributed by atoms with Gasteiger partial charge in [0.2, 0.25) is 0 Å². The molecule has 0 amide bonds. The second-order valence-electron chi connectivity index (χ2n) is 5.47. The summed E-state index contributed by atoms with van der Waals surface area (Å²) in [5.74, 6) is 1.60. The molecule has 0 bridgehead atoms. The lowest BCUT2D eigenvalue weighted by Crippen LogP contribution is -2.22. The van der Waals surface area contributed by atoms with E-state index in [-0.39, 0.29) is 6.61 Å². The minimum Gasteiger partial charge on any atom is -0.497 e. The first-order valence-corrected chi connectivity index (χ1v) is 8.11. The molecule has 25 heavy (non-hydrogen) atoms. The Kier molecular flexibility index (Phi) is 5.49. The van der Waals surface area contributed by atoms with Gasteiger partial charge in [-0.15, -0.1) is 0 Å². The van der Waals surface area contributed by atoms with Crippen molar-refractivity contribution in [3.8, 4) is 5.75 Å².